The molecule has 12 heteroatoms. The minimum Gasteiger partial charge on any atom is -0.497 e. The standard InChI is InChI=1S/C31H35FN6O4S/c1-31(2,3)38-28(17-26(35-38)21-9-10-22(16-21)37-29(39)6-5-15-33-37)34-25-13-14-27-24(30(25)32)19-36(43(27,40)41)18-20-7-11-23(42-4)12-8-20/h5-8,11-15,17,21-22,34H,9-10,16,18-19H2,1-4H3/t21-,22+/m1/s1. The van der Waals surface area contributed by atoms with Crippen LogP contribution in [0.1, 0.15) is 68.8 Å². The molecule has 1 N–H and O–H groups in total. The van der Waals surface area contributed by atoms with Crippen LogP contribution >= 0.6 is 0 Å². The normalized spacial score (nSPS) is 19.8. The molecule has 43 heavy (non-hydrogen) atoms. The lowest BCUT2D eigenvalue weighted by atomic mass is 10.0. The molecule has 2 aromatic carbocycles. The molecule has 1 aliphatic heterocycles. The van der Waals surface area contributed by atoms with E-state index in [1.807, 2.05) is 31.5 Å². The van der Waals surface area contributed by atoms with Gasteiger partial charge in [0.1, 0.15) is 11.6 Å². The molecular weight excluding hydrogens is 571 g/mol. The van der Waals surface area contributed by atoms with Gasteiger partial charge < -0.3 is 10.1 Å². The van der Waals surface area contributed by atoms with Gasteiger partial charge in [0, 0.05) is 42.9 Å². The molecule has 2 atom stereocenters. The number of fused-ring (bicyclic) bond motifs is 1. The van der Waals surface area contributed by atoms with Crippen molar-refractivity contribution in [1.29, 1.82) is 0 Å². The summed E-state index contributed by atoms with van der Waals surface area (Å²) >= 11 is 0. The molecule has 6 rings (SSSR count). The third-order valence-electron chi connectivity index (χ3n) is 8.21. The number of anilines is 2. The molecule has 0 saturated heterocycles. The molecule has 0 bridgehead atoms. The summed E-state index contributed by atoms with van der Waals surface area (Å²) < 4.78 is 52.4. The number of hydrogen-bond donors (Lipinski definition) is 1. The number of nitrogens with zero attached hydrogens (tertiary/aromatic N) is 5. The summed E-state index contributed by atoms with van der Waals surface area (Å²) in [7, 11) is -2.29. The Morgan fingerprint density at radius 2 is 1.86 bits per heavy atom. The van der Waals surface area contributed by atoms with Crippen molar-refractivity contribution in [3.8, 4) is 5.75 Å². The van der Waals surface area contributed by atoms with E-state index in [0.717, 1.165) is 30.5 Å². The zero-order valence-electron chi connectivity index (χ0n) is 24.6. The van der Waals surface area contributed by atoms with Crippen LogP contribution in [0, 0.1) is 5.82 Å². The van der Waals surface area contributed by atoms with Gasteiger partial charge in [0.15, 0.2) is 5.82 Å². The van der Waals surface area contributed by atoms with Crippen molar-refractivity contribution in [2.75, 3.05) is 12.4 Å². The van der Waals surface area contributed by atoms with E-state index in [-0.39, 0.29) is 46.8 Å². The number of halogens is 1. The van der Waals surface area contributed by atoms with E-state index < -0.39 is 21.4 Å². The van der Waals surface area contributed by atoms with Crippen LogP contribution in [0.5, 0.6) is 5.75 Å². The van der Waals surface area contributed by atoms with E-state index in [1.165, 1.54) is 22.5 Å². The van der Waals surface area contributed by atoms with Gasteiger partial charge in [-0.15, -0.1) is 0 Å². The summed E-state index contributed by atoms with van der Waals surface area (Å²) in [4.78, 5) is 12.3. The third kappa shape index (κ3) is 5.45. The lowest BCUT2D eigenvalue weighted by Gasteiger charge is -2.23. The minimum absolute atomic E-state index is 0.00754. The largest absolute Gasteiger partial charge is 0.497 e. The average Bonchev–Trinajstić information content (AvgIpc) is 3.68. The van der Waals surface area contributed by atoms with Crippen molar-refractivity contribution in [3.05, 3.63) is 93.8 Å². The third-order valence-corrected chi connectivity index (χ3v) is 10.1. The number of nitrogens with one attached hydrogen (secondary N) is 1. The van der Waals surface area contributed by atoms with Gasteiger partial charge in [-0.05, 0) is 75.9 Å². The second kappa shape index (κ2) is 10.9. The Morgan fingerprint density at radius 3 is 2.56 bits per heavy atom. The van der Waals surface area contributed by atoms with Crippen molar-refractivity contribution >= 4 is 21.5 Å². The van der Waals surface area contributed by atoms with Gasteiger partial charge in [0.05, 0.1) is 35.0 Å². The van der Waals surface area contributed by atoms with E-state index >= 15 is 4.39 Å². The molecule has 10 nitrogen and oxygen atoms in total. The minimum atomic E-state index is -3.85. The Labute approximate surface area is 250 Å². The molecule has 2 aromatic heterocycles. The molecule has 0 amide bonds. The lowest BCUT2D eigenvalue weighted by Crippen LogP contribution is -2.25. The number of methoxy groups -OCH3 is 1. The second-order valence-electron chi connectivity index (χ2n) is 12.2. The van der Waals surface area contributed by atoms with Crippen LogP contribution in [-0.4, -0.2) is 39.4 Å². The van der Waals surface area contributed by atoms with E-state index in [2.05, 4.69) is 10.4 Å². The van der Waals surface area contributed by atoms with Gasteiger partial charge in [0.25, 0.3) is 5.56 Å². The van der Waals surface area contributed by atoms with Crippen molar-refractivity contribution in [2.24, 2.45) is 0 Å². The SMILES string of the molecule is COc1ccc(CN2Cc3c(ccc(Nc4cc([C@@H]5CC[C@H](n6ncccc6=O)C5)nn4C(C)(C)C)c3F)S2(=O)=O)cc1. The fraction of sp³-hybridized carbons (Fsp3) is 0.387. The quantitative estimate of drug-likeness (QED) is 0.304. The van der Waals surface area contributed by atoms with Crippen LogP contribution in [-0.2, 0) is 28.7 Å². The molecular formula is C31H35FN6O4S. The molecule has 1 saturated carbocycles. The maximum Gasteiger partial charge on any atom is 0.266 e. The van der Waals surface area contributed by atoms with Crippen LogP contribution in [0.3, 0.4) is 0 Å². The zero-order valence-corrected chi connectivity index (χ0v) is 25.4. The number of sulfonamides is 1. The highest BCUT2D eigenvalue weighted by atomic mass is 32.2. The smallest absolute Gasteiger partial charge is 0.266 e. The van der Waals surface area contributed by atoms with Gasteiger partial charge in [-0.2, -0.15) is 14.5 Å². The van der Waals surface area contributed by atoms with Gasteiger partial charge in [-0.3, -0.25) is 4.79 Å². The van der Waals surface area contributed by atoms with Crippen molar-refractivity contribution in [2.45, 2.75) is 75.5 Å². The summed E-state index contributed by atoms with van der Waals surface area (Å²) in [6.45, 7) is 6.11. The molecule has 1 fully saturated rings. The lowest BCUT2D eigenvalue weighted by molar-refractivity contribution is 0.356. The van der Waals surface area contributed by atoms with Crippen LogP contribution in [0.15, 0.2) is 70.5 Å². The molecule has 2 aliphatic rings. The fourth-order valence-corrected chi connectivity index (χ4v) is 7.60. The number of hydrogen-bond acceptors (Lipinski definition) is 7. The summed E-state index contributed by atoms with van der Waals surface area (Å²) in [5.41, 5.74) is 1.43. The van der Waals surface area contributed by atoms with Crippen molar-refractivity contribution in [1.82, 2.24) is 23.9 Å². The number of aromatic nitrogens is 4. The maximum absolute atomic E-state index is 16.0. The summed E-state index contributed by atoms with van der Waals surface area (Å²) in [5, 5.41) is 12.4. The Hall–Kier alpha value is -4.03. The molecule has 226 valence electrons. The average molecular weight is 607 g/mol. The number of rotatable bonds is 7. The summed E-state index contributed by atoms with van der Waals surface area (Å²) in [6.07, 6.45) is 4.02. The second-order valence-corrected chi connectivity index (χ2v) is 14.1. The molecule has 0 spiro atoms. The summed E-state index contributed by atoms with van der Waals surface area (Å²) in [5.74, 6) is 0.796. The van der Waals surface area contributed by atoms with Crippen LogP contribution in [0.4, 0.5) is 15.9 Å². The Bertz CT molecular complexity index is 1830. The van der Waals surface area contributed by atoms with E-state index in [9.17, 15) is 13.2 Å². The van der Waals surface area contributed by atoms with Crippen LogP contribution in [0.25, 0.3) is 0 Å². The topological polar surface area (TPSA) is 111 Å². The maximum atomic E-state index is 16.0. The molecule has 1 aliphatic carbocycles. The van der Waals surface area contributed by atoms with Crippen molar-refractivity contribution in [3.63, 3.8) is 0 Å². The predicted octanol–water partition coefficient (Wildman–Crippen LogP) is 5.30. The van der Waals surface area contributed by atoms with Crippen LogP contribution in [0.2, 0.25) is 0 Å². The van der Waals surface area contributed by atoms with Crippen LogP contribution < -0.4 is 15.6 Å². The van der Waals surface area contributed by atoms with Gasteiger partial charge in [-0.1, -0.05) is 12.1 Å². The zero-order chi connectivity index (χ0) is 30.5. The highest BCUT2D eigenvalue weighted by Crippen LogP contribution is 2.42. The first kappa shape index (κ1) is 29.1. The van der Waals surface area contributed by atoms with E-state index in [4.69, 9.17) is 9.84 Å². The monoisotopic (exact) mass is 606 g/mol. The highest BCUT2D eigenvalue weighted by Gasteiger charge is 2.38. The Kier molecular flexibility index (Phi) is 7.37. The number of benzene rings is 2. The van der Waals surface area contributed by atoms with Crippen molar-refractivity contribution < 1.29 is 17.5 Å². The Balaban J connectivity index is 1.26. The van der Waals surface area contributed by atoms with Gasteiger partial charge in [-0.25, -0.2) is 22.2 Å². The number of ether oxygens (including phenoxy) is 1. The van der Waals surface area contributed by atoms with E-state index in [1.54, 1.807) is 48.3 Å². The van der Waals surface area contributed by atoms with Gasteiger partial charge >= 0.3 is 0 Å². The molecule has 3 heterocycles. The Morgan fingerprint density at radius 1 is 1.09 bits per heavy atom. The summed E-state index contributed by atoms with van der Waals surface area (Å²) in [6, 6.07) is 15.2. The van der Waals surface area contributed by atoms with Gasteiger partial charge in [0.2, 0.25) is 10.0 Å². The van der Waals surface area contributed by atoms with E-state index in [0.29, 0.717) is 11.6 Å². The molecule has 0 radical (unpaired) electrons. The fourth-order valence-electron chi connectivity index (χ4n) is 5.99. The highest BCUT2D eigenvalue weighted by molar-refractivity contribution is 7.89. The molecule has 0 unspecified atom stereocenters. The first-order valence-electron chi connectivity index (χ1n) is 14.3. The first-order valence-corrected chi connectivity index (χ1v) is 15.8. The molecule has 4 aromatic rings. The predicted molar refractivity (Wildman–Crippen MR) is 160 cm³/mol. The first-order chi connectivity index (χ1) is 20.5.